The highest BCUT2D eigenvalue weighted by molar-refractivity contribution is 5.74. The van der Waals surface area contributed by atoms with Gasteiger partial charge in [0, 0.05) is 6.42 Å². The highest BCUT2D eigenvalue weighted by atomic mass is 16.5. The van der Waals surface area contributed by atoms with Crippen molar-refractivity contribution in [1.29, 1.82) is 0 Å². The molecule has 0 aromatic rings. The van der Waals surface area contributed by atoms with Gasteiger partial charge >= 0.3 is 5.97 Å². The molecular weight excluding hydrogens is 300 g/mol. The van der Waals surface area contributed by atoms with Crippen LogP contribution in [0.15, 0.2) is 0 Å². The fourth-order valence-electron chi connectivity index (χ4n) is 3.67. The van der Waals surface area contributed by atoms with E-state index in [9.17, 15) is 9.90 Å². The van der Waals surface area contributed by atoms with E-state index in [0.29, 0.717) is 6.42 Å². The maximum Gasteiger partial charge on any atom is 0.311 e. The molecule has 1 aliphatic rings. The minimum Gasteiger partial charge on any atom is -0.462 e. The first-order valence-electron chi connectivity index (χ1n) is 10.6. The molecule has 0 bridgehead atoms. The Balaban J connectivity index is 2.09. The molecule has 0 spiro atoms. The fraction of sp³-hybridized carbons (Fsp3) is 0.952. The summed E-state index contributed by atoms with van der Waals surface area (Å²) in [7, 11) is 0. The van der Waals surface area contributed by atoms with Crippen LogP contribution in [0, 0.1) is 5.92 Å². The lowest BCUT2D eigenvalue weighted by molar-refractivity contribution is -0.170. The number of cyclic esters (lactones) is 1. The molecule has 1 fully saturated rings. The summed E-state index contributed by atoms with van der Waals surface area (Å²) in [5.74, 6) is -0.438. The second-order valence-corrected chi connectivity index (χ2v) is 7.58. The standard InChI is InChI=1S/C21H40O3/c1-3-5-7-9-10-11-12-13-15-18-17-20(22)19(21(23)24-18)16-14-8-6-4-2/h18-20,22H,3-17H2,1-2H3/t18-,19+,20+/m1/s1. The van der Waals surface area contributed by atoms with Crippen LogP contribution >= 0.6 is 0 Å². The summed E-state index contributed by atoms with van der Waals surface area (Å²) in [5.41, 5.74) is 0. The van der Waals surface area contributed by atoms with E-state index in [0.717, 1.165) is 32.1 Å². The second-order valence-electron chi connectivity index (χ2n) is 7.58. The van der Waals surface area contributed by atoms with Crippen molar-refractivity contribution in [3.05, 3.63) is 0 Å². The lowest BCUT2D eigenvalue weighted by Crippen LogP contribution is -2.41. The molecule has 24 heavy (non-hydrogen) atoms. The molecule has 0 unspecified atom stereocenters. The van der Waals surface area contributed by atoms with Gasteiger partial charge in [0.2, 0.25) is 0 Å². The molecule has 1 rings (SSSR count). The average molecular weight is 341 g/mol. The first kappa shape index (κ1) is 21.5. The largest absolute Gasteiger partial charge is 0.462 e. The zero-order valence-corrected chi connectivity index (χ0v) is 16.1. The topological polar surface area (TPSA) is 46.5 Å². The van der Waals surface area contributed by atoms with Crippen LogP contribution in [0.3, 0.4) is 0 Å². The highest BCUT2D eigenvalue weighted by Gasteiger charge is 2.36. The van der Waals surface area contributed by atoms with Crippen LogP contribution in [0.5, 0.6) is 0 Å². The second kappa shape index (κ2) is 13.7. The van der Waals surface area contributed by atoms with Crippen molar-refractivity contribution in [2.75, 3.05) is 0 Å². The van der Waals surface area contributed by atoms with E-state index in [2.05, 4.69) is 13.8 Å². The van der Waals surface area contributed by atoms with Crippen LogP contribution in [0.4, 0.5) is 0 Å². The van der Waals surface area contributed by atoms with Gasteiger partial charge in [-0.2, -0.15) is 0 Å². The number of unbranched alkanes of at least 4 members (excludes halogenated alkanes) is 10. The predicted molar refractivity (Wildman–Crippen MR) is 100.0 cm³/mol. The van der Waals surface area contributed by atoms with Crippen LogP contribution < -0.4 is 0 Å². The van der Waals surface area contributed by atoms with Crippen molar-refractivity contribution in [3.8, 4) is 0 Å². The van der Waals surface area contributed by atoms with Gasteiger partial charge in [0.15, 0.2) is 0 Å². The number of carbonyl (C=O) groups excluding carboxylic acids is 1. The summed E-state index contributed by atoms with van der Waals surface area (Å²) in [5, 5.41) is 10.3. The van der Waals surface area contributed by atoms with Gasteiger partial charge in [-0.05, 0) is 19.3 Å². The van der Waals surface area contributed by atoms with Crippen LogP contribution in [-0.4, -0.2) is 23.3 Å². The number of carbonyl (C=O) groups is 1. The van der Waals surface area contributed by atoms with E-state index in [4.69, 9.17) is 4.74 Å². The molecule has 0 aliphatic carbocycles. The van der Waals surface area contributed by atoms with Crippen molar-refractivity contribution < 1.29 is 14.6 Å². The Morgan fingerprint density at radius 3 is 1.92 bits per heavy atom. The fourth-order valence-corrected chi connectivity index (χ4v) is 3.67. The van der Waals surface area contributed by atoms with Crippen LogP contribution in [0.25, 0.3) is 0 Å². The smallest absolute Gasteiger partial charge is 0.311 e. The third kappa shape index (κ3) is 9.05. The minimum atomic E-state index is -0.494. The van der Waals surface area contributed by atoms with Crippen molar-refractivity contribution in [1.82, 2.24) is 0 Å². The van der Waals surface area contributed by atoms with Gasteiger partial charge < -0.3 is 9.84 Å². The molecule has 1 N–H and O–H groups in total. The molecule has 0 radical (unpaired) electrons. The Bertz CT molecular complexity index is 316. The molecule has 1 aliphatic heterocycles. The van der Waals surface area contributed by atoms with Crippen LogP contribution in [0.1, 0.15) is 110 Å². The van der Waals surface area contributed by atoms with Crippen LogP contribution in [0.2, 0.25) is 0 Å². The molecule has 3 atom stereocenters. The molecule has 1 heterocycles. The average Bonchev–Trinajstić information content (AvgIpc) is 2.56. The third-order valence-corrected chi connectivity index (χ3v) is 5.30. The molecule has 1 saturated heterocycles. The van der Waals surface area contributed by atoms with E-state index < -0.39 is 6.10 Å². The number of ether oxygens (including phenoxy) is 1. The molecule has 142 valence electrons. The van der Waals surface area contributed by atoms with E-state index in [1.807, 2.05) is 0 Å². The van der Waals surface area contributed by atoms with Gasteiger partial charge in [0.1, 0.15) is 6.10 Å². The number of hydrogen-bond donors (Lipinski definition) is 1. The van der Waals surface area contributed by atoms with Gasteiger partial charge in [0.05, 0.1) is 12.0 Å². The Morgan fingerprint density at radius 1 is 0.833 bits per heavy atom. The van der Waals surface area contributed by atoms with E-state index in [-0.39, 0.29) is 18.0 Å². The lowest BCUT2D eigenvalue weighted by atomic mass is 9.88. The number of esters is 1. The number of aliphatic hydroxyl groups is 1. The summed E-state index contributed by atoms with van der Waals surface area (Å²) in [6.07, 6.45) is 16.7. The summed E-state index contributed by atoms with van der Waals surface area (Å²) < 4.78 is 5.59. The van der Waals surface area contributed by atoms with Crippen molar-refractivity contribution >= 4 is 5.97 Å². The van der Waals surface area contributed by atoms with Crippen molar-refractivity contribution in [2.24, 2.45) is 5.92 Å². The molecule has 0 amide bonds. The van der Waals surface area contributed by atoms with Crippen LogP contribution in [-0.2, 0) is 9.53 Å². The SMILES string of the molecule is CCCCCCCCCC[C@@H]1C[C@H](O)[C@H](CCCCCC)C(=O)O1. The van der Waals surface area contributed by atoms with Gasteiger partial charge in [-0.25, -0.2) is 0 Å². The number of aliphatic hydroxyl groups excluding tert-OH is 1. The Hall–Kier alpha value is -0.570. The molecule has 0 aromatic heterocycles. The van der Waals surface area contributed by atoms with E-state index in [1.54, 1.807) is 0 Å². The Kier molecular flexibility index (Phi) is 12.2. The van der Waals surface area contributed by atoms with E-state index in [1.165, 1.54) is 57.8 Å². The molecular formula is C21H40O3. The zero-order chi connectivity index (χ0) is 17.6. The predicted octanol–water partition coefficient (Wildman–Crippen LogP) is 5.78. The first-order chi connectivity index (χ1) is 11.7. The molecule has 0 aromatic carbocycles. The van der Waals surface area contributed by atoms with Gasteiger partial charge in [-0.1, -0.05) is 84.5 Å². The minimum absolute atomic E-state index is 0.0560. The third-order valence-electron chi connectivity index (χ3n) is 5.30. The zero-order valence-electron chi connectivity index (χ0n) is 16.1. The van der Waals surface area contributed by atoms with Crippen molar-refractivity contribution in [3.63, 3.8) is 0 Å². The quantitative estimate of drug-likeness (QED) is 0.322. The molecule has 3 heteroatoms. The summed E-state index contributed by atoms with van der Waals surface area (Å²) in [6, 6.07) is 0. The van der Waals surface area contributed by atoms with Gasteiger partial charge in [-0.15, -0.1) is 0 Å². The number of hydrogen-bond acceptors (Lipinski definition) is 3. The first-order valence-corrected chi connectivity index (χ1v) is 10.6. The molecule has 3 nitrogen and oxygen atoms in total. The van der Waals surface area contributed by atoms with Gasteiger partial charge in [0.25, 0.3) is 0 Å². The number of rotatable bonds is 14. The maximum absolute atomic E-state index is 12.1. The molecule has 0 saturated carbocycles. The Morgan fingerprint density at radius 2 is 1.33 bits per heavy atom. The van der Waals surface area contributed by atoms with Crippen molar-refractivity contribution in [2.45, 2.75) is 122 Å². The monoisotopic (exact) mass is 340 g/mol. The summed E-state index contributed by atoms with van der Waals surface area (Å²) in [6.45, 7) is 4.43. The summed E-state index contributed by atoms with van der Waals surface area (Å²) >= 11 is 0. The highest BCUT2D eigenvalue weighted by Crippen LogP contribution is 2.28. The summed E-state index contributed by atoms with van der Waals surface area (Å²) in [4.78, 5) is 12.1. The maximum atomic E-state index is 12.1. The van der Waals surface area contributed by atoms with E-state index >= 15 is 0 Å². The van der Waals surface area contributed by atoms with Gasteiger partial charge in [-0.3, -0.25) is 4.79 Å². The Labute approximate surface area is 149 Å². The normalized spacial score (nSPS) is 24.1. The lowest BCUT2D eigenvalue weighted by Gasteiger charge is -2.32.